The number of aldehydes is 1. The van der Waals surface area contributed by atoms with E-state index in [9.17, 15) is 9.59 Å². The molecule has 0 spiro atoms. The molecule has 0 radical (unpaired) electrons. The fourth-order valence-electron chi connectivity index (χ4n) is 1.78. The van der Waals surface area contributed by atoms with Crippen molar-refractivity contribution in [3.05, 3.63) is 0 Å². The Morgan fingerprint density at radius 1 is 1.40 bits per heavy atom. The molecule has 1 rings (SSSR count). The Balaban J connectivity index is 2.68. The standard InChI is InChI=1S/C11H19NO3/c1-8-5-6-9(7-13)12(8)10(14)15-11(2,3)4/h7-9H,5-6H2,1-4H3/t8-,9+/m1/s1. The van der Waals surface area contributed by atoms with Gasteiger partial charge in [-0.3, -0.25) is 4.90 Å². The number of rotatable bonds is 1. The van der Waals surface area contributed by atoms with E-state index in [4.69, 9.17) is 4.74 Å². The third kappa shape index (κ3) is 2.94. The van der Waals surface area contributed by atoms with Gasteiger partial charge in [-0.05, 0) is 40.5 Å². The van der Waals surface area contributed by atoms with Crippen LogP contribution in [0.2, 0.25) is 0 Å². The van der Waals surface area contributed by atoms with E-state index in [0.717, 1.165) is 19.1 Å². The minimum atomic E-state index is -0.507. The number of ether oxygens (including phenoxy) is 1. The first-order valence-corrected chi connectivity index (χ1v) is 5.32. The van der Waals surface area contributed by atoms with Crippen molar-refractivity contribution >= 4 is 12.4 Å². The van der Waals surface area contributed by atoms with Crippen LogP contribution in [0.4, 0.5) is 4.79 Å². The molecule has 0 bridgehead atoms. The largest absolute Gasteiger partial charge is 0.444 e. The molecule has 86 valence electrons. The van der Waals surface area contributed by atoms with Crippen LogP contribution >= 0.6 is 0 Å². The zero-order valence-corrected chi connectivity index (χ0v) is 9.82. The van der Waals surface area contributed by atoms with Gasteiger partial charge < -0.3 is 9.53 Å². The van der Waals surface area contributed by atoms with Crippen molar-refractivity contribution in [2.45, 2.75) is 58.2 Å². The highest BCUT2D eigenvalue weighted by atomic mass is 16.6. The molecule has 2 atom stereocenters. The average Bonchev–Trinajstić information content (AvgIpc) is 2.43. The summed E-state index contributed by atoms with van der Waals surface area (Å²) in [7, 11) is 0. The van der Waals surface area contributed by atoms with Crippen molar-refractivity contribution in [2.75, 3.05) is 0 Å². The minimum Gasteiger partial charge on any atom is -0.444 e. The molecule has 1 heterocycles. The van der Waals surface area contributed by atoms with Crippen LogP contribution in [0.25, 0.3) is 0 Å². The number of carbonyl (C=O) groups is 2. The first-order chi connectivity index (χ1) is 6.85. The molecular formula is C11H19NO3. The Hall–Kier alpha value is -1.06. The van der Waals surface area contributed by atoms with E-state index >= 15 is 0 Å². The van der Waals surface area contributed by atoms with Crippen LogP contribution in [0.15, 0.2) is 0 Å². The van der Waals surface area contributed by atoms with Crippen LogP contribution in [0.5, 0.6) is 0 Å². The average molecular weight is 213 g/mol. The summed E-state index contributed by atoms with van der Waals surface area (Å²) in [5.74, 6) is 0. The molecule has 0 aromatic carbocycles. The van der Waals surface area contributed by atoms with Gasteiger partial charge in [0.15, 0.2) is 0 Å². The van der Waals surface area contributed by atoms with E-state index in [2.05, 4.69) is 0 Å². The predicted octanol–water partition coefficient (Wildman–Crippen LogP) is 1.97. The molecule has 0 aliphatic carbocycles. The maximum atomic E-state index is 11.8. The van der Waals surface area contributed by atoms with Crippen LogP contribution in [0.3, 0.4) is 0 Å². The van der Waals surface area contributed by atoms with E-state index < -0.39 is 5.60 Å². The maximum Gasteiger partial charge on any atom is 0.411 e. The van der Waals surface area contributed by atoms with E-state index in [1.807, 2.05) is 27.7 Å². The molecule has 1 fully saturated rings. The van der Waals surface area contributed by atoms with Crippen LogP contribution < -0.4 is 0 Å². The van der Waals surface area contributed by atoms with Crippen molar-refractivity contribution in [2.24, 2.45) is 0 Å². The number of hydrogen-bond acceptors (Lipinski definition) is 3. The van der Waals surface area contributed by atoms with Gasteiger partial charge in [-0.25, -0.2) is 4.79 Å². The normalized spacial score (nSPS) is 26.5. The monoisotopic (exact) mass is 213 g/mol. The van der Waals surface area contributed by atoms with Gasteiger partial charge in [0, 0.05) is 6.04 Å². The van der Waals surface area contributed by atoms with Crippen molar-refractivity contribution in [3.63, 3.8) is 0 Å². The Morgan fingerprint density at radius 3 is 2.47 bits per heavy atom. The van der Waals surface area contributed by atoms with Gasteiger partial charge >= 0.3 is 6.09 Å². The summed E-state index contributed by atoms with van der Waals surface area (Å²) < 4.78 is 5.25. The highest BCUT2D eigenvalue weighted by Crippen LogP contribution is 2.24. The number of amides is 1. The fourth-order valence-corrected chi connectivity index (χ4v) is 1.78. The second-order valence-corrected chi connectivity index (χ2v) is 5.02. The minimum absolute atomic E-state index is 0.0926. The molecule has 1 aliphatic rings. The summed E-state index contributed by atoms with van der Waals surface area (Å²) >= 11 is 0. The quantitative estimate of drug-likeness (QED) is 0.626. The molecule has 1 saturated heterocycles. The smallest absolute Gasteiger partial charge is 0.411 e. The molecule has 0 unspecified atom stereocenters. The first-order valence-electron chi connectivity index (χ1n) is 5.32. The van der Waals surface area contributed by atoms with Crippen molar-refractivity contribution in [3.8, 4) is 0 Å². The zero-order valence-electron chi connectivity index (χ0n) is 9.82. The molecule has 0 N–H and O–H groups in total. The van der Waals surface area contributed by atoms with Gasteiger partial charge in [-0.2, -0.15) is 0 Å². The number of carbonyl (C=O) groups excluding carboxylic acids is 2. The molecule has 0 aromatic rings. The van der Waals surface area contributed by atoms with Gasteiger partial charge in [-0.1, -0.05) is 0 Å². The first kappa shape index (κ1) is 12.0. The predicted molar refractivity (Wildman–Crippen MR) is 56.6 cm³/mol. The van der Waals surface area contributed by atoms with E-state index in [1.165, 1.54) is 4.90 Å². The summed E-state index contributed by atoms with van der Waals surface area (Å²) in [4.78, 5) is 24.1. The van der Waals surface area contributed by atoms with E-state index in [-0.39, 0.29) is 18.2 Å². The summed E-state index contributed by atoms with van der Waals surface area (Å²) in [6, 6.07) is -0.218. The highest BCUT2D eigenvalue weighted by Gasteiger charge is 2.36. The Morgan fingerprint density at radius 2 is 2.00 bits per heavy atom. The molecule has 4 nitrogen and oxygen atoms in total. The molecule has 1 amide bonds. The fraction of sp³-hybridized carbons (Fsp3) is 0.818. The molecular weight excluding hydrogens is 194 g/mol. The lowest BCUT2D eigenvalue weighted by Gasteiger charge is -2.29. The van der Waals surface area contributed by atoms with Crippen molar-refractivity contribution < 1.29 is 14.3 Å². The number of likely N-dealkylation sites (tertiary alicyclic amines) is 1. The molecule has 0 aromatic heterocycles. The SMILES string of the molecule is C[C@@H]1CC[C@@H](C=O)N1C(=O)OC(C)(C)C. The van der Waals surface area contributed by atoms with Crippen LogP contribution in [0.1, 0.15) is 40.5 Å². The highest BCUT2D eigenvalue weighted by molar-refractivity contribution is 5.74. The van der Waals surface area contributed by atoms with E-state index in [0.29, 0.717) is 0 Å². The molecule has 0 saturated carbocycles. The van der Waals surface area contributed by atoms with Gasteiger partial charge in [0.1, 0.15) is 11.9 Å². The molecule has 15 heavy (non-hydrogen) atoms. The maximum absolute atomic E-state index is 11.8. The number of nitrogens with zero attached hydrogens (tertiary/aromatic N) is 1. The lowest BCUT2D eigenvalue weighted by atomic mass is 10.2. The molecule has 1 aliphatic heterocycles. The Bertz CT molecular complexity index is 257. The lowest BCUT2D eigenvalue weighted by molar-refractivity contribution is -0.112. The third-order valence-electron chi connectivity index (χ3n) is 2.47. The Kier molecular flexibility index (Phi) is 3.37. The van der Waals surface area contributed by atoms with Crippen molar-refractivity contribution in [1.29, 1.82) is 0 Å². The third-order valence-corrected chi connectivity index (χ3v) is 2.47. The zero-order chi connectivity index (χ0) is 11.6. The van der Waals surface area contributed by atoms with Crippen LogP contribution in [0, 0.1) is 0 Å². The molecule has 4 heteroatoms. The summed E-state index contributed by atoms with van der Waals surface area (Å²) in [5.41, 5.74) is -0.507. The number of hydrogen-bond donors (Lipinski definition) is 0. The van der Waals surface area contributed by atoms with Crippen LogP contribution in [-0.4, -0.2) is 35.0 Å². The summed E-state index contributed by atoms with van der Waals surface area (Å²) in [6.45, 7) is 7.40. The van der Waals surface area contributed by atoms with Gasteiger partial charge in [0.05, 0.1) is 6.04 Å². The summed E-state index contributed by atoms with van der Waals surface area (Å²) in [6.07, 6.45) is 2.05. The lowest BCUT2D eigenvalue weighted by Crippen LogP contribution is -2.43. The second-order valence-electron chi connectivity index (χ2n) is 5.02. The van der Waals surface area contributed by atoms with E-state index in [1.54, 1.807) is 0 Å². The topological polar surface area (TPSA) is 46.6 Å². The van der Waals surface area contributed by atoms with Crippen molar-refractivity contribution in [1.82, 2.24) is 4.90 Å². The van der Waals surface area contributed by atoms with Gasteiger partial charge in [0.2, 0.25) is 0 Å². The van der Waals surface area contributed by atoms with Crippen LogP contribution in [-0.2, 0) is 9.53 Å². The van der Waals surface area contributed by atoms with Gasteiger partial charge in [0.25, 0.3) is 0 Å². The van der Waals surface area contributed by atoms with Gasteiger partial charge in [-0.15, -0.1) is 0 Å². The Labute approximate surface area is 90.6 Å². The second kappa shape index (κ2) is 4.21. The summed E-state index contributed by atoms with van der Waals surface area (Å²) in [5, 5.41) is 0.